The van der Waals surface area contributed by atoms with E-state index in [9.17, 15) is 14.9 Å². The van der Waals surface area contributed by atoms with Crippen molar-refractivity contribution in [1.82, 2.24) is 20.2 Å². The molecule has 2 N–H and O–H groups in total. The molecule has 0 saturated heterocycles. The highest BCUT2D eigenvalue weighted by Crippen LogP contribution is 2.17. The molecule has 0 aliphatic carbocycles. The number of aromatic nitrogens is 2. The SMILES string of the molecule is Cc1c(C#N)c2nc3ccccc3n2c(=O)c1=CNNC(=O)CC(C)C. The second kappa shape index (κ2) is 6.84. The molecule has 2 heterocycles. The number of para-hydroxylation sites is 2. The van der Waals surface area contributed by atoms with Gasteiger partial charge in [0.25, 0.3) is 5.56 Å². The van der Waals surface area contributed by atoms with Gasteiger partial charge in [0.05, 0.1) is 21.8 Å². The van der Waals surface area contributed by atoms with E-state index in [4.69, 9.17) is 0 Å². The van der Waals surface area contributed by atoms with E-state index in [1.165, 1.54) is 10.6 Å². The first kappa shape index (κ1) is 17.4. The van der Waals surface area contributed by atoms with E-state index in [0.29, 0.717) is 39.4 Å². The minimum atomic E-state index is -0.296. The summed E-state index contributed by atoms with van der Waals surface area (Å²) < 4.78 is 1.43. The zero-order valence-corrected chi connectivity index (χ0v) is 14.8. The van der Waals surface area contributed by atoms with Crippen LogP contribution < -0.4 is 21.6 Å². The zero-order valence-electron chi connectivity index (χ0n) is 14.8. The smallest absolute Gasteiger partial charge is 0.265 e. The number of fused-ring (bicyclic) bond motifs is 3. The number of carbonyl (C=O) groups excluding carboxylic acids is 1. The molecule has 1 amide bonds. The molecule has 3 rings (SSSR count). The van der Waals surface area contributed by atoms with Crippen LogP contribution in [0.1, 0.15) is 31.4 Å². The Morgan fingerprint density at radius 2 is 2.12 bits per heavy atom. The van der Waals surface area contributed by atoms with Crippen LogP contribution in [0.3, 0.4) is 0 Å². The summed E-state index contributed by atoms with van der Waals surface area (Å²) in [6, 6.07) is 9.36. The number of amides is 1. The van der Waals surface area contributed by atoms with Gasteiger partial charge in [-0.25, -0.2) is 4.98 Å². The van der Waals surface area contributed by atoms with Crippen LogP contribution in [0.5, 0.6) is 0 Å². The summed E-state index contributed by atoms with van der Waals surface area (Å²) in [4.78, 5) is 29.1. The molecule has 0 aliphatic heterocycles. The summed E-state index contributed by atoms with van der Waals surface area (Å²) in [5, 5.41) is 9.87. The summed E-state index contributed by atoms with van der Waals surface area (Å²) in [5.74, 6) is 0.0588. The van der Waals surface area contributed by atoms with Gasteiger partial charge in [0.15, 0.2) is 5.65 Å². The van der Waals surface area contributed by atoms with Crippen molar-refractivity contribution in [2.45, 2.75) is 27.2 Å². The lowest BCUT2D eigenvalue weighted by Gasteiger charge is -2.07. The van der Waals surface area contributed by atoms with Gasteiger partial charge in [-0.05, 0) is 30.5 Å². The Kier molecular flexibility index (Phi) is 4.59. The van der Waals surface area contributed by atoms with Crippen LogP contribution in [0.15, 0.2) is 29.1 Å². The summed E-state index contributed by atoms with van der Waals surface area (Å²) in [7, 11) is 0. The molecule has 3 aromatic rings. The number of nitrogens with zero attached hydrogens (tertiary/aromatic N) is 3. The summed E-state index contributed by atoms with van der Waals surface area (Å²) in [6.45, 7) is 5.59. The Bertz CT molecular complexity index is 1150. The van der Waals surface area contributed by atoms with Crippen molar-refractivity contribution >= 4 is 28.8 Å². The Morgan fingerprint density at radius 1 is 1.38 bits per heavy atom. The number of hydrogen-bond donors (Lipinski definition) is 2. The lowest BCUT2D eigenvalue weighted by molar-refractivity contribution is -0.122. The maximum Gasteiger partial charge on any atom is 0.265 e. The van der Waals surface area contributed by atoms with Crippen LogP contribution in [-0.4, -0.2) is 15.3 Å². The highest BCUT2D eigenvalue weighted by Gasteiger charge is 2.15. The lowest BCUT2D eigenvalue weighted by Crippen LogP contribution is -2.40. The lowest BCUT2D eigenvalue weighted by atomic mass is 10.1. The van der Waals surface area contributed by atoms with Crippen LogP contribution in [0, 0.1) is 24.2 Å². The first-order chi connectivity index (χ1) is 12.4. The number of rotatable bonds is 4. The van der Waals surface area contributed by atoms with Crippen LogP contribution >= 0.6 is 0 Å². The second-order valence-electron chi connectivity index (χ2n) is 6.52. The van der Waals surface area contributed by atoms with Gasteiger partial charge in [-0.3, -0.25) is 19.4 Å². The Balaban J connectivity index is 2.15. The Labute approximate surface area is 149 Å². The number of hydrazine groups is 1. The minimum absolute atomic E-state index is 0.170. The second-order valence-corrected chi connectivity index (χ2v) is 6.52. The van der Waals surface area contributed by atoms with Gasteiger partial charge in [0.1, 0.15) is 6.07 Å². The first-order valence-corrected chi connectivity index (χ1v) is 8.32. The molecule has 0 fully saturated rings. The largest absolute Gasteiger partial charge is 0.305 e. The highest BCUT2D eigenvalue weighted by molar-refractivity contribution is 5.82. The third-order valence-corrected chi connectivity index (χ3v) is 4.13. The number of benzene rings is 1. The summed E-state index contributed by atoms with van der Waals surface area (Å²) in [5.41, 5.74) is 7.41. The normalized spacial score (nSPS) is 11.9. The van der Waals surface area contributed by atoms with E-state index in [1.54, 1.807) is 19.1 Å². The molecule has 7 heteroatoms. The van der Waals surface area contributed by atoms with Crippen LogP contribution in [-0.2, 0) is 4.79 Å². The topological polar surface area (TPSA) is 99.3 Å². The molecule has 0 unspecified atom stereocenters. The summed E-state index contributed by atoms with van der Waals surface area (Å²) in [6.07, 6.45) is 1.80. The number of imidazole rings is 1. The van der Waals surface area contributed by atoms with Crippen molar-refractivity contribution in [3.05, 3.63) is 51.0 Å². The standard InChI is InChI=1S/C19H19N5O2/c1-11(2)8-17(25)23-21-10-14-12(3)13(9-20)18-22-15-6-4-5-7-16(15)24(18)19(14)26/h4-7,10-11,21H,8H2,1-3H3,(H,23,25). The average molecular weight is 349 g/mol. The fourth-order valence-corrected chi connectivity index (χ4v) is 2.90. The van der Waals surface area contributed by atoms with Crippen LogP contribution in [0.25, 0.3) is 22.9 Å². The molecule has 7 nitrogen and oxygen atoms in total. The maximum absolute atomic E-state index is 13.0. The predicted molar refractivity (Wildman–Crippen MR) is 98.8 cm³/mol. The van der Waals surface area contributed by atoms with E-state index >= 15 is 0 Å². The van der Waals surface area contributed by atoms with Crippen molar-refractivity contribution in [3.63, 3.8) is 0 Å². The third-order valence-electron chi connectivity index (χ3n) is 4.13. The van der Waals surface area contributed by atoms with E-state index in [1.807, 2.05) is 26.0 Å². The van der Waals surface area contributed by atoms with Gasteiger partial charge in [0.2, 0.25) is 5.91 Å². The van der Waals surface area contributed by atoms with Gasteiger partial charge in [0, 0.05) is 12.6 Å². The molecule has 2 aromatic heterocycles. The van der Waals surface area contributed by atoms with Crippen molar-refractivity contribution < 1.29 is 4.79 Å². The number of nitriles is 1. The fourth-order valence-electron chi connectivity index (χ4n) is 2.90. The first-order valence-electron chi connectivity index (χ1n) is 8.32. The predicted octanol–water partition coefficient (Wildman–Crippen LogP) is 1.15. The molecule has 132 valence electrons. The molecule has 0 spiro atoms. The number of pyridine rings is 1. The fraction of sp³-hybridized carbons (Fsp3) is 0.263. The van der Waals surface area contributed by atoms with Gasteiger partial charge in [-0.15, -0.1) is 0 Å². The van der Waals surface area contributed by atoms with Crippen molar-refractivity contribution in [2.75, 3.05) is 0 Å². The van der Waals surface area contributed by atoms with Gasteiger partial charge >= 0.3 is 0 Å². The molecular weight excluding hydrogens is 330 g/mol. The van der Waals surface area contributed by atoms with Gasteiger partial charge in [-0.2, -0.15) is 5.26 Å². The monoisotopic (exact) mass is 349 g/mol. The average Bonchev–Trinajstić information content (AvgIpc) is 2.97. The zero-order chi connectivity index (χ0) is 18.8. The number of nitrogens with one attached hydrogen (secondary N) is 2. The quantitative estimate of drug-likeness (QED) is 0.689. The molecule has 0 saturated carbocycles. The summed E-state index contributed by atoms with van der Waals surface area (Å²) >= 11 is 0. The molecule has 0 radical (unpaired) electrons. The van der Waals surface area contributed by atoms with Crippen molar-refractivity contribution in [1.29, 1.82) is 5.26 Å². The number of hydrogen-bond acceptors (Lipinski definition) is 5. The van der Waals surface area contributed by atoms with E-state index in [0.717, 1.165) is 0 Å². The van der Waals surface area contributed by atoms with E-state index in [2.05, 4.69) is 21.9 Å². The van der Waals surface area contributed by atoms with E-state index < -0.39 is 0 Å². The minimum Gasteiger partial charge on any atom is -0.305 e. The van der Waals surface area contributed by atoms with Crippen LogP contribution in [0.4, 0.5) is 0 Å². The Hall–Kier alpha value is -3.40. The number of carbonyl (C=O) groups is 1. The van der Waals surface area contributed by atoms with Gasteiger partial charge in [-0.1, -0.05) is 26.0 Å². The molecule has 1 aromatic carbocycles. The van der Waals surface area contributed by atoms with Crippen molar-refractivity contribution in [3.8, 4) is 6.07 Å². The third kappa shape index (κ3) is 2.97. The molecule has 0 aliphatic rings. The van der Waals surface area contributed by atoms with Crippen LogP contribution in [0.2, 0.25) is 0 Å². The molecule has 26 heavy (non-hydrogen) atoms. The van der Waals surface area contributed by atoms with E-state index in [-0.39, 0.29) is 17.4 Å². The van der Waals surface area contributed by atoms with Crippen molar-refractivity contribution in [2.24, 2.45) is 5.92 Å². The maximum atomic E-state index is 13.0. The Morgan fingerprint density at radius 3 is 2.81 bits per heavy atom. The molecular formula is C19H19N5O2. The molecule has 0 atom stereocenters. The molecule has 0 bridgehead atoms. The highest BCUT2D eigenvalue weighted by atomic mass is 16.2. The van der Waals surface area contributed by atoms with Gasteiger partial charge < -0.3 is 5.43 Å².